The second-order valence-corrected chi connectivity index (χ2v) is 11.3. The van der Waals surface area contributed by atoms with Crippen molar-refractivity contribution in [2.45, 2.75) is 62.5 Å². The molecule has 0 bridgehead atoms. The molecule has 0 fully saturated rings. The van der Waals surface area contributed by atoms with Gasteiger partial charge in [0.2, 0.25) is 0 Å². The lowest BCUT2D eigenvalue weighted by atomic mass is 10.1. The van der Waals surface area contributed by atoms with E-state index in [0.717, 1.165) is 5.75 Å². The van der Waals surface area contributed by atoms with Crippen molar-refractivity contribution in [1.82, 2.24) is 0 Å². The molecule has 0 heterocycles. The lowest BCUT2D eigenvalue weighted by Crippen LogP contribution is -2.28. The van der Waals surface area contributed by atoms with E-state index in [-0.39, 0.29) is 0 Å². The van der Waals surface area contributed by atoms with E-state index in [4.69, 9.17) is 0 Å². The van der Waals surface area contributed by atoms with E-state index < -0.39 is 10.0 Å². The van der Waals surface area contributed by atoms with Gasteiger partial charge in [0.1, 0.15) is 0 Å². The van der Waals surface area contributed by atoms with Gasteiger partial charge in [-0.05, 0) is 64.9 Å². The smallest absolute Gasteiger partial charge is 0.00131 e. The summed E-state index contributed by atoms with van der Waals surface area (Å²) in [5.74, 6) is 0.971. The number of aryl methyl sites for hydroxylation is 1. The van der Waals surface area contributed by atoms with Crippen LogP contribution in [0.1, 0.15) is 52.0 Å². The van der Waals surface area contributed by atoms with Gasteiger partial charge in [-0.1, -0.05) is 45.7 Å². The van der Waals surface area contributed by atoms with E-state index in [1.807, 2.05) is 0 Å². The zero-order valence-electron chi connectivity index (χ0n) is 13.9. The Morgan fingerprint density at radius 3 is 2.15 bits per heavy atom. The minimum Gasteiger partial charge on any atom is -0.215 e. The minimum atomic E-state index is -0.791. The molecule has 0 atom stereocenters. The molecule has 0 saturated heterocycles. The highest BCUT2D eigenvalue weighted by molar-refractivity contribution is 8.33. The van der Waals surface area contributed by atoms with Crippen LogP contribution in [0.2, 0.25) is 0 Å². The van der Waals surface area contributed by atoms with Crippen LogP contribution in [0.25, 0.3) is 0 Å². The molecule has 0 nitrogen and oxygen atoms in total. The maximum atomic E-state index is 4.44. The summed E-state index contributed by atoms with van der Waals surface area (Å²) in [6.45, 7) is 7.06. The quantitative estimate of drug-likeness (QED) is 0.445. The molecule has 0 radical (unpaired) electrons. The van der Waals surface area contributed by atoms with Gasteiger partial charge in [0.25, 0.3) is 0 Å². The highest BCUT2D eigenvalue weighted by Crippen LogP contribution is 2.61. The molecule has 0 amide bonds. The van der Waals surface area contributed by atoms with Crippen LogP contribution in [-0.2, 0) is 6.42 Å². The summed E-state index contributed by atoms with van der Waals surface area (Å²) in [5.41, 5.74) is 1.49. The van der Waals surface area contributed by atoms with Crippen molar-refractivity contribution in [3.8, 4) is 0 Å². The highest BCUT2D eigenvalue weighted by atomic mass is 32.3. The predicted molar refractivity (Wildman–Crippen MR) is 99.9 cm³/mol. The van der Waals surface area contributed by atoms with Crippen molar-refractivity contribution in [1.29, 1.82) is 0 Å². The third kappa shape index (κ3) is 4.46. The van der Waals surface area contributed by atoms with Crippen molar-refractivity contribution in [2.24, 2.45) is 0 Å². The van der Waals surface area contributed by atoms with Crippen LogP contribution in [-0.4, -0.2) is 23.0 Å². The zero-order valence-corrected chi connectivity index (χ0v) is 15.6. The molecule has 0 unspecified atom stereocenters. The third-order valence-corrected chi connectivity index (χ3v) is 9.32. The van der Waals surface area contributed by atoms with E-state index in [9.17, 15) is 0 Å². The summed E-state index contributed by atoms with van der Waals surface area (Å²) in [7, 11) is -0.791. The average Bonchev–Trinajstić information content (AvgIpc) is 2.39. The molecule has 0 aliphatic carbocycles. The summed E-state index contributed by atoms with van der Waals surface area (Å²) < 4.78 is 0.346. The minimum absolute atomic E-state index is 0.346. The fourth-order valence-corrected chi connectivity index (χ4v) is 5.20. The molecule has 0 aliphatic rings. The molecule has 0 aliphatic heterocycles. The molecule has 1 aromatic carbocycles. The zero-order chi connectivity index (χ0) is 15.2. The van der Waals surface area contributed by atoms with Gasteiger partial charge >= 0.3 is 0 Å². The van der Waals surface area contributed by atoms with E-state index in [1.165, 1.54) is 42.6 Å². The Kier molecular flexibility index (Phi) is 7.00. The first-order valence-corrected chi connectivity index (χ1v) is 10.9. The first kappa shape index (κ1) is 18.0. The molecule has 0 N–H and O–H groups in total. The summed E-state index contributed by atoms with van der Waals surface area (Å²) >= 11 is 4.44. The number of hydrogen-bond donors (Lipinski definition) is 1. The summed E-state index contributed by atoms with van der Waals surface area (Å²) in [6, 6.07) is 9.43. The van der Waals surface area contributed by atoms with Gasteiger partial charge in [-0.15, -0.1) is 0 Å². The van der Waals surface area contributed by atoms with Gasteiger partial charge in [-0.25, -0.2) is 10.0 Å². The molecule has 0 saturated carbocycles. The van der Waals surface area contributed by atoms with Gasteiger partial charge in [0.15, 0.2) is 0 Å². The van der Waals surface area contributed by atoms with Gasteiger partial charge in [-0.3, -0.25) is 0 Å². The molecular formula is C18H32S2. The molecule has 1 rings (SSSR count). The fourth-order valence-electron chi connectivity index (χ4n) is 2.42. The van der Waals surface area contributed by atoms with E-state index >= 15 is 0 Å². The molecule has 0 aromatic heterocycles. The second-order valence-electron chi connectivity index (χ2n) is 6.66. The Bertz CT molecular complexity index is 390. The first-order chi connectivity index (χ1) is 9.35. The van der Waals surface area contributed by atoms with Gasteiger partial charge in [0, 0.05) is 0 Å². The van der Waals surface area contributed by atoms with Crippen LogP contribution < -0.4 is 0 Å². The highest BCUT2D eigenvalue weighted by Gasteiger charge is 2.33. The summed E-state index contributed by atoms with van der Waals surface area (Å²) in [5, 5.41) is 0. The van der Waals surface area contributed by atoms with Crippen LogP contribution in [0.3, 0.4) is 0 Å². The van der Waals surface area contributed by atoms with Crippen LogP contribution in [0.4, 0.5) is 0 Å². The van der Waals surface area contributed by atoms with E-state index in [1.54, 1.807) is 0 Å². The Morgan fingerprint density at radius 1 is 1.05 bits per heavy atom. The van der Waals surface area contributed by atoms with E-state index in [0.29, 0.717) is 4.75 Å². The second kappa shape index (κ2) is 7.79. The molecule has 20 heavy (non-hydrogen) atoms. The number of unbranched alkanes of at least 4 members (excludes halogenated alkanes) is 2. The monoisotopic (exact) mass is 312 g/mol. The Morgan fingerprint density at radius 2 is 1.65 bits per heavy atom. The van der Waals surface area contributed by atoms with Crippen molar-refractivity contribution in [3.63, 3.8) is 0 Å². The van der Waals surface area contributed by atoms with Gasteiger partial charge < -0.3 is 0 Å². The van der Waals surface area contributed by atoms with Crippen molar-refractivity contribution >= 4 is 22.7 Å². The van der Waals surface area contributed by atoms with E-state index in [2.05, 4.69) is 70.2 Å². The molecule has 0 spiro atoms. The largest absolute Gasteiger partial charge is 0.215 e. The van der Waals surface area contributed by atoms with Crippen molar-refractivity contribution in [3.05, 3.63) is 29.8 Å². The predicted octanol–water partition coefficient (Wildman–Crippen LogP) is 5.94. The Hall–Kier alpha value is -0.0800. The Labute approximate surface area is 133 Å². The maximum Gasteiger partial charge on any atom is -0.00131 e. The molecule has 2 heteroatoms. The fraction of sp³-hybridized carbons (Fsp3) is 0.667. The number of rotatable bonds is 8. The molecular weight excluding hydrogens is 280 g/mol. The third-order valence-electron chi connectivity index (χ3n) is 4.68. The molecule has 1 aromatic rings. The molecule has 116 valence electrons. The van der Waals surface area contributed by atoms with Gasteiger partial charge in [0.05, 0.1) is 0 Å². The van der Waals surface area contributed by atoms with Crippen LogP contribution in [0.5, 0.6) is 0 Å². The van der Waals surface area contributed by atoms with Crippen LogP contribution >= 0.6 is 22.7 Å². The average molecular weight is 313 g/mol. The normalized spacial score (nSPS) is 13.5. The summed E-state index contributed by atoms with van der Waals surface area (Å²) in [4.78, 5) is 1.53. The van der Waals surface area contributed by atoms with Crippen LogP contribution in [0.15, 0.2) is 29.2 Å². The van der Waals surface area contributed by atoms with Crippen molar-refractivity contribution < 1.29 is 0 Å². The van der Waals surface area contributed by atoms with Crippen molar-refractivity contribution in [2.75, 3.05) is 18.3 Å². The maximum absolute atomic E-state index is 4.44. The standard InChI is InChI=1S/C18H32S2/c1-6-7-8-9-16-10-12-17(13-11-16)20(4,5)18(2,3)14-15-19/h10-13,19H,6-9,14-15H2,1-5H3. The topological polar surface area (TPSA) is 0 Å². The summed E-state index contributed by atoms with van der Waals surface area (Å²) in [6.07, 6.45) is 11.3. The lowest BCUT2D eigenvalue weighted by molar-refractivity contribution is 0.680. The lowest BCUT2D eigenvalue weighted by Gasteiger charge is -2.47. The first-order valence-electron chi connectivity index (χ1n) is 7.78. The SMILES string of the molecule is CCCCCc1ccc(S(C)(C)C(C)(C)CCS)cc1. The van der Waals surface area contributed by atoms with Crippen LogP contribution in [0, 0.1) is 0 Å². The number of thiol groups is 1. The number of benzene rings is 1. The Balaban J connectivity index is 2.81. The number of hydrogen-bond acceptors (Lipinski definition) is 1. The van der Waals surface area contributed by atoms with Gasteiger partial charge in [-0.2, -0.15) is 12.6 Å².